The fraction of sp³-hybridized carbons (Fsp3) is 0.625. The number of nitrogens with zero attached hydrogens (tertiary/aromatic N) is 1. The highest BCUT2D eigenvalue weighted by Crippen LogP contribution is 2.42. The molecule has 0 spiro atoms. The van der Waals surface area contributed by atoms with Crippen LogP contribution in [-0.4, -0.2) is 61.3 Å². The molecule has 0 fully saturated rings. The van der Waals surface area contributed by atoms with E-state index in [9.17, 15) is 32.1 Å². The molecule has 0 aliphatic rings. The number of aliphatic hydroxyl groups is 1. The predicted octanol–water partition coefficient (Wildman–Crippen LogP) is 4.64. The number of oxazole rings is 1. The third-order valence-corrected chi connectivity index (χ3v) is 6.79. The van der Waals surface area contributed by atoms with Crippen molar-refractivity contribution in [2.45, 2.75) is 83.4 Å². The molecule has 1 amide bonds. The van der Waals surface area contributed by atoms with Gasteiger partial charge in [0, 0.05) is 27.7 Å². The van der Waals surface area contributed by atoms with Gasteiger partial charge in [0.1, 0.15) is 22.8 Å². The lowest BCUT2D eigenvalue weighted by Gasteiger charge is -2.28. The number of nitrogens with one attached hydrogen (secondary N) is 2. The highest BCUT2D eigenvalue weighted by molar-refractivity contribution is 7.92. The van der Waals surface area contributed by atoms with Crippen LogP contribution in [-0.2, 0) is 29.6 Å². The first kappa shape index (κ1) is 31.3. The lowest BCUT2D eigenvalue weighted by atomic mass is 10.0. The quantitative estimate of drug-likeness (QED) is 0.372. The van der Waals surface area contributed by atoms with Crippen molar-refractivity contribution in [1.82, 2.24) is 10.3 Å². The second-order valence-electron chi connectivity index (χ2n) is 10.8. The molecule has 38 heavy (non-hydrogen) atoms. The Balaban J connectivity index is 2.19. The van der Waals surface area contributed by atoms with E-state index in [1.807, 2.05) is 0 Å². The van der Waals surface area contributed by atoms with Crippen molar-refractivity contribution < 1.29 is 46.0 Å². The smallest absolute Gasteiger partial charge is 0.426 e. The number of alkyl carbamates (subject to hydrolysis) is 1. The van der Waals surface area contributed by atoms with Gasteiger partial charge in [0.2, 0.25) is 11.5 Å². The van der Waals surface area contributed by atoms with Gasteiger partial charge in [0.25, 0.3) is 0 Å². The minimum Gasteiger partial charge on any atom is -0.458 e. The molecule has 1 aromatic carbocycles. The average molecular weight is 566 g/mol. The first-order valence-electron chi connectivity index (χ1n) is 11.7. The first-order chi connectivity index (χ1) is 17.1. The van der Waals surface area contributed by atoms with E-state index < -0.39 is 74.6 Å². The summed E-state index contributed by atoms with van der Waals surface area (Å²) in [6.45, 7) is 9.58. The average Bonchev–Trinajstić information content (AvgIpc) is 3.16. The van der Waals surface area contributed by atoms with Gasteiger partial charge in [-0.3, -0.25) is 4.78 Å². The molecule has 14 heteroatoms. The van der Waals surface area contributed by atoms with E-state index in [1.54, 1.807) is 41.5 Å². The van der Waals surface area contributed by atoms with Gasteiger partial charge >= 0.3 is 18.2 Å². The number of fused-ring (bicyclic) bond motifs is 1. The van der Waals surface area contributed by atoms with Gasteiger partial charge in [0.05, 0.1) is 0 Å². The number of carbonyl (C=O) groups is 2. The zero-order valence-electron chi connectivity index (χ0n) is 22.1. The Hall–Kier alpha value is -2.87. The molecule has 0 saturated carbocycles. The second kappa shape index (κ2) is 11.1. The molecule has 0 aliphatic heterocycles. The topological polar surface area (TPSA) is 152 Å². The van der Waals surface area contributed by atoms with Crippen molar-refractivity contribution >= 4 is 32.9 Å². The van der Waals surface area contributed by atoms with Gasteiger partial charge < -0.3 is 24.3 Å². The number of ether oxygens (including phenoxy) is 2. The van der Waals surface area contributed by atoms with Crippen LogP contribution in [0.15, 0.2) is 28.7 Å². The molecule has 1 aromatic heterocycles. The molecular formula is C24H34F3N3O7S. The van der Waals surface area contributed by atoms with E-state index in [0.717, 1.165) is 0 Å². The van der Waals surface area contributed by atoms with Gasteiger partial charge in [-0.15, -0.1) is 0 Å². The van der Waals surface area contributed by atoms with Crippen molar-refractivity contribution in [2.75, 3.05) is 11.5 Å². The maximum Gasteiger partial charge on any atom is 0.426 e. The fourth-order valence-corrected chi connectivity index (χ4v) is 4.66. The lowest BCUT2D eigenvalue weighted by molar-refractivity contribution is -0.274. The summed E-state index contributed by atoms with van der Waals surface area (Å²) in [5.74, 6) is -3.39. The fourth-order valence-electron chi connectivity index (χ4n) is 3.21. The number of hydrogen-bond acceptors (Lipinski definition) is 9. The number of alkyl halides is 3. The third-order valence-electron chi connectivity index (χ3n) is 5.03. The highest BCUT2D eigenvalue weighted by atomic mass is 32.2. The Labute approximate surface area is 219 Å². The maximum atomic E-state index is 13.9. The zero-order chi connectivity index (χ0) is 29.2. The molecule has 3 N–H and O–H groups in total. The molecule has 3 atom stereocenters. The van der Waals surface area contributed by atoms with E-state index in [1.165, 1.54) is 24.3 Å². The van der Waals surface area contributed by atoms with Crippen LogP contribution in [0.4, 0.5) is 18.0 Å². The number of amides is 1. The SMILES string of the molecule is CC(C)(C)OC(=O)N[C@@H](CCS(=N)(=O)CCC(O)(c1nc2ccccc2o1)C(F)(F)F)C(=O)OC(C)(C)C. The van der Waals surface area contributed by atoms with Crippen LogP contribution in [0.3, 0.4) is 0 Å². The van der Waals surface area contributed by atoms with Crippen LogP contribution >= 0.6 is 0 Å². The summed E-state index contributed by atoms with van der Waals surface area (Å²) in [5.41, 5.74) is -5.32. The highest BCUT2D eigenvalue weighted by Gasteiger charge is 2.58. The summed E-state index contributed by atoms with van der Waals surface area (Å²) in [6, 6.07) is 4.46. The van der Waals surface area contributed by atoms with Crippen molar-refractivity contribution in [2.24, 2.45) is 0 Å². The Bertz CT molecular complexity index is 1210. The van der Waals surface area contributed by atoms with Crippen LogP contribution in [0.5, 0.6) is 0 Å². The molecule has 1 heterocycles. The van der Waals surface area contributed by atoms with Crippen LogP contribution < -0.4 is 5.32 Å². The normalized spacial score (nSPS) is 16.8. The Kier molecular flexibility index (Phi) is 9.15. The number of rotatable bonds is 9. The molecule has 2 unspecified atom stereocenters. The van der Waals surface area contributed by atoms with Gasteiger partial charge in [-0.2, -0.15) is 13.2 Å². The number of benzene rings is 1. The molecule has 0 saturated heterocycles. The predicted molar refractivity (Wildman–Crippen MR) is 133 cm³/mol. The van der Waals surface area contributed by atoms with E-state index in [4.69, 9.17) is 18.7 Å². The van der Waals surface area contributed by atoms with Crippen molar-refractivity contribution in [3.63, 3.8) is 0 Å². The minimum atomic E-state index is -5.25. The van der Waals surface area contributed by atoms with Crippen LogP contribution in [0.2, 0.25) is 0 Å². The standard InChI is InChI=1S/C24H34F3N3O7S/c1-21(2,3)36-18(31)16(30-20(32)37-22(4,5)6)11-13-38(28,34)14-12-23(33,24(25,26)27)19-29-15-9-7-8-10-17(15)35-19/h7-10,16,28,33H,11-14H2,1-6H3,(H,30,32)/t16-,23?,38?/m0/s1. The van der Waals surface area contributed by atoms with E-state index >= 15 is 0 Å². The lowest BCUT2D eigenvalue weighted by Crippen LogP contribution is -2.47. The first-order valence-corrected chi connectivity index (χ1v) is 13.6. The summed E-state index contributed by atoms with van der Waals surface area (Å²) in [5, 5.41) is 12.9. The van der Waals surface area contributed by atoms with Crippen molar-refractivity contribution in [3.8, 4) is 0 Å². The van der Waals surface area contributed by atoms with E-state index in [-0.39, 0.29) is 17.5 Å². The zero-order valence-corrected chi connectivity index (χ0v) is 22.9. The molecule has 214 valence electrons. The summed E-state index contributed by atoms with van der Waals surface area (Å²) >= 11 is 0. The molecule has 10 nitrogen and oxygen atoms in total. The molecule has 0 bridgehead atoms. The van der Waals surface area contributed by atoms with Gasteiger partial charge in [0.15, 0.2) is 5.58 Å². The Morgan fingerprint density at radius 3 is 2.18 bits per heavy atom. The van der Waals surface area contributed by atoms with Gasteiger partial charge in [-0.1, -0.05) is 12.1 Å². The van der Waals surface area contributed by atoms with Crippen molar-refractivity contribution in [3.05, 3.63) is 30.2 Å². The molecule has 0 radical (unpaired) electrons. The van der Waals surface area contributed by atoms with Crippen LogP contribution in [0, 0.1) is 4.78 Å². The third kappa shape index (κ3) is 8.86. The number of para-hydroxylation sites is 2. The molecular weight excluding hydrogens is 531 g/mol. The van der Waals surface area contributed by atoms with E-state index in [2.05, 4.69) is 10.3 Å². The largest absolute Gasteiger partial charge is 0.458 e. The van der Waals surface area contributed by atoms with Crippen molar-refractivity contribution in [1.29, 1.82) is 4.78 Å². The number of hydrogen-bond donors (Lipinski definition) is 3. The Morgan fingerprint density at radius 1 is 1.08 bits per heavy atom. The number of aromatic nitrogens is 1. The summed E-state index contributed by atoms with van der Waals surface area (Å²) in [4.78, 5) is 28.6. The maximum absolute atomic E-state index is 13.9. The minimum absolute atomic E-state index is 0.0187. The van der Waals surface area contributed by atoms with Gasteiger partial charge in [-0.05, 0) is 60.1 Å². The number of halogens is 3. The summed E-state index contributed by atoms with van der Waals surface area (Å²) in [6.07, 6.45) is -7.78. The van der Waals surface area contributed by atoms with E-state index in [0.29, 0.717) is 0 Å². The number of esters is 1. The van der Waals surface area contributed by atoms with Gasteiger partial charge in [-0.25, -0.2) is 18.8 Å². The monoisotopic (exact) mass is 565 g/mol. The number of carbonyl (C=O) groups excluding carboxylic acids is 2. The summed E-state index contributed by atoms with van der Waals surface area (Å²) in [7, 11) is -3.79. The summed E-state index contributed by atoms with van der Waals surface area (Å²) < 4.78 is 78.4. The Morgan fingerprint density at radius 2 is 1.66 bits per heavy atom. The molecule has 2 aromatic rings. The van der Waals surface area contributed by atoms with Crippen LogP contribution in [0.25, 0.3) is 11.1 Å². The molecule has 0 aliphatic carbocycles. The van der Waals surface area contributed by atoms with Crippen LogP contribution in [0.1, 0.15) is 60.3 Å². The second-order valence-corrected chi connectivity index (χ2v) is 13.3. The molecule has 2 rings (SSSR count).